The number of nitrogens with one attached hydrogen (secondary N) is 2. The monoisotopic (exact) mass is 396 g/mol. The van der Waals surface area contributed by atoms with Crippen molar-refractivity contribution in [2.75, 3.05) is 19.0 Å². The van der Waals surface area contributed by atoms with E-state index in [-0.39, 0.29) is 18.6 Å². The van der Waals surface area contributed by atoms with Crippen molar-refractivity contribution in [1.29, 1.82) is 0 Å². The highest BCUT2D eigenvalue weighted by Crippen LogP contribution is 2.19. The summed E-state index contributed by atoms with van der Waals surface area (Å²) in [5, 5.41) is 9.52. The summed E-state index contributed by atoms with van der Waals surface area (Å²) in [5.41, 5.74) is 2.05. The molecule has 0 aliphatic rings. The zero-order valence-electron chi connectivity index (χ0n) is 16.1. The first-order valence-electron chi connectivity index (χ1n) is 9.00. The van der Waals surface area contributed by atoms with Crippen molar-refractivity contribution in [3.63, 3.8) is 0 Å². The number of anilines is 1. The molecule has 0 fully saturated rings. The molecule has 3 aromatic rings. The van der Waals surface area contributed by atoms with Gasteiger partial charge in [0.25, 0.3) is 5.56 Å². The van der Waals surface area contributed by atoms with Gasteiger partial charge in [0.2, 0.25) is 0 Å². The van der Waals surface area contributed by atoms with Crippen LogP contribution < -0.4 is 20.9 Å². The van der Waals surface area contributed by atoms with Crippen molar-refractivity contribution in [3.05, 3.63) is 76.3 Å². The van der Waals surface area contributed by atoms with Crippen LogP contribution in [0.2, 0.25) is 0 Å². The molecule has 0 bridgehead atoms. The third-order valence-corrected chi connectivity index (χ3v) is 4.29. The van der Waals surface area contributed by atoms with Crippen molar-refractivity contribution in [1.82, 2.24) is 15.1 Å². The molecule has 0 aliphatic carbocycles. The van der Waals surface area contributed by atoms with E-state index in [9.17, 15) is 14.0 Å². The molecule has 3 rings (SSSR count). The van der Waals surface area contributed by atoms with Gasteiger partial charge in [-0.1, -0.05) is 6.07 Å². The predicted octanol–water partition coefficient (Wildman–Crippen LogP) is 3.19. The Bertz CT molecular complexity index is 1060. The summed E-state index contributed by atoms with van der Waals surface area (Å²) in [7, 11) is 1.59. The third kappa shape index (κ3) is 5.19. The van der Waals surface area contributed by atoms with Crippen LogP contribution in [-0.4, -0.2) is 29.5 Å². The largest absolute Gasteiger partial charge is 0.497 e. The first kappa shape index (κ1) is 20.1. The third-order valence-electron chi connectivity index (χ3n) is 4.29. The van der Waals surface area contributed by atoms with E-state index < -0.39 is 11.8 Å². The lowest BCUT2D eigenvalue weighted by molar-refractivity contribution is 0.251. The fourth-order valence-electron chi connectivity index (χ4n) is 2.65. The number of amides is 2. The van der Waals surface area contributed by atoms with Gasteiger partial charge in [0, 0.05) is 23.9 Å². The molecule has 0 aliphatic heterocycles. The molecule has 1 heterocycles. The number of carbonyl (C=O) groups excluding carboxylic acids is 1. The molecular weight excluding hydrogens is 375 g/mol. The summed E-state index contributed by atoms with van der Waals surface area (Å²) in [4.78, 5) is 24.0. The summed E-state index contributed by atoms with van der Waals surface area (Å²) in [5.74, 6) is 0.333. The summed E-state index contributed by atoms with van der Waals surface area (Å²) in [6, 6.07) is 14.4. The molecule has 0 unspecified atom stereocenters. The molecule has 0 radical (unpaired) electrons. The van der Waals surface area contributed by atoms with Crippen LogP contribution in [0.3, 0.4) is 0 Å². The number of aromatic nitrogens is 2. The fourth-order valence-corrected chi connectivity index (χ4v) is 2.65. The zero-order chi connectivity index (χ0) is 20.8. The van der Waals surface area contributed by atoms with Gasteiger partial charge in [0.1, 0.15) is 11.6 Å². The number of hydrogen-bond donors (Lipinski definition) is 2. The van der Waals surface area contributed by atoms with Gasteiger partial charge in [-0.3, -0.25) is 4.79 Å². The van der Waals surface area contributed by atoms with E-state index in [1.807, 2.05) is 24.3 Å². The molecule has 0 saturated heterocycles. The van der Waals surface area contributed by atoms with Crippen LogP contribution in [0.15, 0.2) is 59.4 Å². The van der Waals surface area contributed by atoms with Gasteiger partial charge < -0.3 is 15.4 Å². The second-order valence-electron chi connectivity index (χ2n) is 6.35. The van der Waals surface area contributed by atoms with E-state index in [1.165, 1.54) is 16.8 Å². The Morgan fingerprint density at radius 2 is 1.90 bits per heavy atom. The lowest BCUT2D eigenvalue weighted by atomic mass is 10.1. The van der Waals surface area contributed by atoms with Crippen molar-refractivity contribution in [3.8, 4) is 17.0 Å². The molecule has 0 spiro atoms. The predicted molar refractivity (Wildman–Crippen MR) is 109 cm³/mol. The van der Waals surface area contributed by atoms with Crippen LogP contribution in [-0.2, 0) is 6.54 Å². The first-order valence-corrected chi connectivity index (χ1v) is 9.00. The Morgan fingerprint density at radius 1 is 1.14 bits per heavy atom. The number of hydrogen-bond acceptors (Lipinski definition) is 4. The quantitative estimate of drug-likeness (QED) is 0.670. The molecule has 2 N–H and O–H groups in total. The Kier molecular flexibility index (Phi) is 6.23. The first-order chi connectivity index (χ1) is 14.0. The van der Waals surface area contributed by atoms with E-state index in [2.05, 4.69) is 15.7 Å². The summed E-state index contributed by atoms with van der Waals surface area (Å²) in [6.45, 7) is 2.02. The minimum atomic E-state index is -0.493. The Morgan fingerprint density at radius 3 is 2.59 bits per heavy atom. The number of methoxy groups -OCH3 is 1. The van der Waals surface area contributed by atoms with Gasteiger partial charge in [-0.15, -0.1) is 0 Å². The fraction of sp³-hybridized carbons (Fsp3) is 0.190. The number of ether oxygens (including phenoxy) is 1. The van der Waals surface area contributed by atoms with E-state index >= 15 is 0 Å². The van der Waals surface area contributed by atoms with Gasteiger partial charge in [-0.2, -0.15) is 5.10 Å². The smallest absolute Gasteiger partial charge is 0.319 e. The van der Waals surface area contributed by atoms with E-state index in [4.69, 9.17) is 4.74 Å². The molecule has 150 valence electrons. The number of benzene rings is 2. The topological polar surface area (TPSA) is 85.2 Å². The highest BCUT2D eigenvalue weighted by molar-refractivity contribution is 5.89. The summed E-state index contributed by atoms with van der Waals surface area (Å²) < 4.78 is 20.0. The van der Waals surface area contributed by atoms with Gasteiger partial charge in [-0.05, 0) is 55.0 Å². The molecule has 7 nitrogen and oxygen atoms in total. The van der Waals surface area contributed by atoms with Crippen molar-refractivity contribution in [2.24, 2.45) is 0 Å². The van der Waals surface area contributed by atoms with Crippen molar-refractivity contribution in [2.45, 2.75) is 13.5 Å². The van der Waals surface area contributed by atoms with Crippen LogP contribution in [0.5, 0.6) is 5.75 Å². The highest BCUT2D eigenvalue weighted by atomic mass is 19.1. The van der Waals surface area contributed by atoms with Gasteiger partial charge in [0.05, 0.1) is 19.3 Å². The highest BCUT2D eigenvalue weighted by Gasteiger charge is 2.06. The average molecular weight is 396 g/mol. The Balaban J connectivity index is 1.60. The molecule has 1 aromatic heterocycles. The standard InChI is InChI=1S/C21H21FN4O3/c1-14-3-6-16(13-18(14)22)24-21(28)23-11-12-26-20(27)10-9-19(25-26)15-4-7-17(29-2)8-5-15/h3-10,13H,11-12H2,1-2H3,(H2,23,24,28). The van der Waals surface area contributed by atoms with E-state index in [1.54, 1.807) is 32.2 Å². The number of rotatable bonds is 6. The summed E-state index contributed by atoms with van der Waals surface area (Å²) >= 11 is 0. The number of nitrogens with zero attached hydrogens (tertiary/aromatic N) is 2. The maximum absolute atomic E-state index is 13.5. The van der Waals surface area contributed by atoms with Gasteiger partial charge in [-0.25, -0.2) is 13.9 Å². The van der Waals surface area contributed by atoms with Gasteiger partial charge >= 0.3 is 6.03 Å². The Hall–Kier alpha value is -3.68. The Labute approximate surface area is 167 Å². The average Bonchev–Trinajstić information content (AvgIpc) is 2.72. The number of urea groups is 1. The summed E-state index contributed by atoms with van der Waals surface area (Å²) in [6.07, 6.45) is 0. The molecule has 0 atom stereocenters. The maximum atomic E-state index is 13.5. The van der Waals surface area contributed by atoms with Crippen molar-refractivity contribution < 1.29 is 13.9 Å². The molecule has 2 aromatic carbocycles. The zero-order valence-corrected chi connectivity index (χ0v) is 16.1. The molecule has 8 heteroatoms. The van der Waals surface area contributed by atoms with Crippen LogP contribution in [0.4, 0.5) is 14.9 Å². The molecule has 2 amide bonds. The second kappa shape index (κ2) is 9.01. The molecule has 29 heavy (non-hydrogen) atoms. The number of carbonyl (C=O) groups is 1. The van der Waals surface area contributed by atoms with Crippen LogP contribution in [0, 0.1) is 12.7 Å². The minimum Gasteiger partial charge on any atom is -0.497 e. The normalized spacial score (nSPS) is 10.4. The minimum absolute atomic E-state index is 0.180. The van der Waals surface area contributed by atoms with Crippen LogP contribution in [0.25, 0.3) is 11.3 Å². The van der Waals surface area contributed by atoms with Crippen LogP contribution >= 0.6 is 0 Å². The maximum Gasteiger partial charge on any atom is 0.319 e. The lowest BCUT2D eigenvalue weighted by Crippen LogP contribution is -2.34. The second-order valence-corrected chi connectivity index (χ2v) is 6.35. The molecule has 0 saturated carbocycles. The molecular formula is C21H21FN4O3. The van der Waals surface area contributed by atoms with E-state index in [0.717, 1.165) is 11.3 Å². The van der Waals surface area contributed by atoms with E-state index in [0.29, 0.717) is 16.9 Å². The van der Waals surface area contributed by atoms with Crippen LogP contribution in [0.1, 0.15) is 5.56 Å². The van der Waals surface area contributed by atoms with Gasteiger partial charge in [0.15, 0.2) is 0 Å². The SMILES string of the molecule is COc1ccc(-c2ccc(=O)n(CCNC(=O)Nc3ccc(C)c(F)c3)n2)cc1. The van der Waals surface area contributed by atoms with Crippen molar-refractivity contribution >= 4 is 11.7 Å². The number of aryl methyl sites for hydroxylation is 1. The number of halogens is 1. The lowest BCUT2D eigenvalue weighted by Gasteiger charge is -2.10.